The summed E-state index contributed by atoms with van der Waals surface area (Å²) < 4.78 is 62.0. The number of fused-ring (bicyclic) bond motifs is 1. The summed E-state index contributed by atoms with van der Waals surface area (Å²) in [5.41, 5.74) is 1.17. The van der Waals surface area contributed by atoms with Gasteiger partial charge in [-0.2, -0.15) is 5.10 Å². The summed E-state index contributed by atoms with van der Waals surface area (Å²) in [6.45, 7) is 0.946. The van der Waals surface area contributed by atoms with E-state index in [4.69, 9.17) is 4.74 Å². The summed E-state index contributed by atoms with van der Waals surface area (Å²) in [4.78, 5) is 32.5. The van der Waals surface area contributed by atoms with E-state index in [0.29, 0.717) is 28.8 Å². The quantitative estimate of drug-likeness (QED) is 0.358. The van der Waals surface area contributed by atoms with E-state index < -0.39 is 30.4 Å². The molecule has 10 nitrogen and oxygen atoms in total. The molecule has 0 radical (unpaired) electrons. The number of benzene rings is 1. The minimum absolute atomic E-state index is 0.0214. The van der Waals surface area contributed by atoms with Crippen molar-refractivity contribution < 1.29 is 36.6 Å². The molecule has 0 saturated carbocycles. The first kappa shape index (κ1) is 25.3. The molecule has 0 saturated heterocycles. The van der Waals surface area contributed by atoms with Crippen molar-refractivity contribution in [2.24, 2.45) is 0 Å². The van der Waals surface area contributed by atoms with E-state index in [1.807, 2.05) is 0 Å². The highest BCUT2D eigenvalue weighted by Crippen LogP contribution is 2.28. The van der Waals surface area contributed by atoms with Gasteiger partial charge in [-0.1, -0.05) is 6.07 Å². The van der Waals surface area contributed by atoms with Crippen LogP contribution in [0.2, 0.25) is 0 Å². The van der Waals surface area contributed by atoms with E-state index in [2.05, 4.69) is 30.4 Å². The molecule has 1 aromatic carbocycles. The lowest BCUT2D eigenvalue weighted by Gasteiger charge is -2.14. The second-order valence-electron chi connectivity index (χ2n) is 7.59. The van der Waals surface area contributed by atoms with Crippen molar-refractivity contribution >= 4 is 23.3 Å². The van der Waals surface area contributed by atoms with Crippen LogP contribution in [0.5, 0.6) is 11.6 Å². The highest BCUT2D eigenvalue weighted by atomic mass is 19.4. The number of imidazole rings is 1. The number of ether oxygens (including phenoxy) is 2. The molecule has 3 aromatic heterocycles. The molecule has 0 atom stereocenters. The van der Waals surface area contributed by atoms with Crippen LogP contribution in [-0.2, 0) is 11.3 Å². The molecule has 2 N–H and O–H groups in total. The average molecular weight is 518 g/mol. The van der Waals surface area contributed by atoms with Gasteiger partial charge in [-0.25, -0.2) is 18.9 Å². The molecule has 0 aliphatic carbocycles. The number of pyridine rings is 1. The number of anilines is 1. The normalized spacial score (nSPS) is 11.3. The van der Waals surface area contributed by atoms with Crippen molar-refractivity contribution in [2.45, 2.75) is 19.8 Å². The summed E-state index contributed by atoms with van der Waals surface area (Å²) >= 11 is 0. The van der Waals surface area contributed by atoms with Crippen molar-refractivity contribution in [1.82, 2.24) is 24.9 Å². The smallest absolute Gasteiger partial charge is 0.480 e. The molecule has 4 rings (SSSR count). The SMILES string of the molecule is COc1ncc(-c2ccc3nc(NC(C)=O)cn3n2)cc1C(=O)NCc1ccc(F)cc1OC(F)(F)F. The molecule has 14 heteroatoms. The number of halogens is 4. The van der Waals surface area contributed by atoms with Crippen molar-refractivity contribution in [3.05, 3.63) is 65.7 Å². The van der Waals surface area contributed by atoms with Crippen molar-refractivity contribution in [1.29, 1.82) is 0 Å². The number of aromatic nitrogens is 4. The zero-order valence-corrected chi connectivity index (χ0v) is 19.3. The molecule has 3 heterocycles. The zero-order valence-electron chi connectivity index (χ0n) is 19.3. The Morgan fingerprint density at radius 1 is 1.14 bits per heavy atom. The summed E-state index contributed by atoms with van der Waals surface area (Å²) in [5, 5.41) is 9.42. The molecule has 37 heavy (non-hydrogen) atoms. The number of carbonyl (C=O) groups excluding carboxylic acids is 2. The molecule has 192 valence electrons. The Morgan fingerprint density at radius 3 is 2.62 bits per heavy atom. The minimum atomic E-state index is -5.04. The number of nitrogens with one attached hydrogen (secondary N) is 2. The fourth-order valence-corrected chi connectivity index (χ4v) is 3.36. The molecule has 0 bridgehead atoms. The van der Waals surface area contributed by atoms with E-state index in [1.165, 1.54) is 37.0 Å². The molecule has 0 aliphatic rings. The van der Waals surface area contributed by atoms with E-state index in [0.717, 1.165) is 12.1 Å². The number of nitrogens with zero attached hydrogens (tertiary/aromatic N) is 4. The Bertz CT molecular complexity index is 1490. The third-order valence-corrected chi connectivity index (χ3v) is 4.90. The van der Waals surface area contributed by atoms with Crippen molar-refractivity contribution in [3.63, 3.8) is 0 Å². The van der Waals surface area contributed by atoms with Gasteiger partial charge >= 0.3 is 6.36 Å². The fraction of sp³-hybridized carbons (Fsp3) is 0.174. The van der Waals surface area contributed by atoms with Crippen LogP contribution in [-0.4, -0.2) is 44.9 Å². The Hall–Kier alpha value is -4.75. The van der Waals surface area contributed by atoms with E-state index in [-0.39, 0.29) is 22.9 Å². The van der Waals surface area contributed by atoms with Crippen LogP contribution < -0.4 is 20.1 Å². The standard InChI is InChI=1S/C23H18F4N6O4/c1-12(34)30-19-11-33-20(31-19)6-5-17(32-33)14-7-16(22(36-2)29-10-14)21(35)28-9-13-3-4-15(24)8-18(13)37-23(25,26)27/h3-8,10-11H,9H2,1-2H3,(H,28,35)(H,30,34). The topological polar surface area (TPSA) is 120 Å². The summed E-state index contributed by atoms with van der Waals surface area (Å²) in [5.74, 6) is -2.45. The number of carbonyl (C=O) groups is 2. The summed E-state index contributed by atoms with van der Waals surface area (Å²) in [6, 6.07) is 7.31. The van der Waals surface area contributed by atoms with Gasteiger partial charge in [0, 0.05) is 36.9 Å². The Balaban J connectivity index is 1.59. The second kappa shape index (κ2) is 10.1. The third kappa shape index (κ3) is 6.09. The van der Waals surface area contributed by atoms with Gasteiger partial charge in [-0.15, -0.1) is 13.2 Å². The lowest BCUT2D eigenvalue weighted by molar-refractivity contribution is -0.275. The summed E-state index contributed by atoms with van der Waals surface area (Å²) in [6.07, 6.45) is -2.11. The molecule has 0 spiro atoms. The maximum atomic E-state index is 13.5. The van der Waals surface area contributed by atoms with Gasteiger partial charge in [0.1, 0.15) is 17.1 Å². The predicted molar refractivity (Wildman–Crippen MR) is 121 cm³/mol. The van der Waals surface area contributed by atoms with Gasteiger partial charge in [0.05, 0.1) is 19.0 Å². The minimum Gasteiger partial charge on any atom is -0.480 e. The van der Waals surface area contributed by atoms with Gasteiger partial charge in [0.2, 0.25) is 11.8 Å². The van der Waals surface area contributed by atoms with E-state index in [1.54, 1.807) is 12.1 Å². The van der Waals surface area contributed by atoms with Gasteiger partial charge in [0.15, 0.2) is 11.5 Å². The Labute approximate surface area is 206 Å². The monoisotopic (exact) mass is 518 g/mol. The van der Waals surface area contributed by atoms with Crippen molar-refractivity contribution in [3.8, 4) is 22.9 Å². The summed E-state index contributed by atoms with van der Waals surface area (Å²) in [7, 11) is 1.30. The van der Waals surface area contributed by atoms with Crippen LogP contribution in [0.25, 0.3) is 16.9 Å². The van der Waals surface area contributed by atoms with Crippen LogP contribution in [0.4, 0.5) is 23.4 Å². The number of hydrogen-bond acceptors (Lipinski definition) is 7. The number of hydrogen-bond donors (Lipinski definition) is 2. The zero-order chi connectivity index (χ0) is 26.7. The number of methoxy groups -OCH3 is 1. The highest BCUT2D eigenvalue weighted by molar-refractivity contribution is 5.97. The van der Waals surface area contributed by atoms with E-state index in [9.17, 15) is 27.2 Å². The Morgan fingerprint density at radius 2 is 1.92 bits per heavy atom. The number of amides is 2. The fourth-order valence-electron chi connectivity index (χ4n) is 3.36. The second-order valence-corrected chi connectivity index (χ2v) is 7.59. The van der Waals surface area contributed by atoms with Gasteiger partial charge in [-0.3, -0.25) is 9.59 Å². The number of rotatable bonds is 7. The van der Waals surface area contributed by atoms with Crippen LogP contribution >= 0.6 is 0 Å². The number of alkyl halides is 3. The molecule has 2 amide bonds. The van der Waals surface area contributed by atoms with Gasteiger partial charge < -0.3 is 20.1 Å². The van der Waals surface area contributed by atoms with Crippen LogP contribution in [0.15, 0.2) is 48.8 Å². The molecule has 0 unspecified atom stereocenters. The van der Waals surface area contributed by atoms with Crippen LogP contribution in [0.3, 0.4) is 0 Å². The maximum absolute atomic E-state index is 13.5. The van der Waals surface area contributed by atoms with Crippen LogP contribution in [0, 0.1) is 5.82 Å². The first-order chi connectivity index (χ1) is 17.5. The maximum Gasteiger partial charge on any atom is 0.573 e. The third-order valence-electron chi connectivity index (χ3n) is 4.90. The molecular formula is C23H18F4N6O4. The highest BCUT2D eigenvalue weighted by Gasteiger charge is 2.32. The first-order valence-corrected chi connectivity index (χ1v) is 10.5. The van der Waals surface area contributed by atoms with Gasteiger partial charge in [-0.05, 0) is 24.3 Å². The average Bonchev–Trinajstić information content (AvgIpc) is 3.22. The Kier molecular flexibility index (Phi) is 6.91. The van der Waals surface area contributed by atoms with E-state index >= 15 is 0 Å². The van der Waals surface area contributed by atoms with Gasteiger partial charge in [0.25, 0.3) is 5.91 Å². The molecule has 4 aromatic rings. The molecule has 0 aliphatic heterocycles. The predicted octanol–water partition coefficient (Wildman–Crippen LogP) is 3.73. The van der Waals surface area contributed by atoms with Crippen LogP contribution in [0.1, 0.15) is 22.8 Å². The lowest BCUT2D eigenvalue weighted by atomic mass is 10.1. The largest absolute Gasteiger partial charge is 0.573 e. The molecular weight excluding hydrogens is 500 g/mol. The lowest BCUT2D eigenvalue weighted by Crippen LogP contribution is -2.25. The first-order valence-electron chi connectivity index (χ1n) is 10.5. The van der Waals surface area contributed by atoms with Crippen molar-refractivity contribution in [2.75, 3.05) is 12.4 Å². The molecule has 0 fully saturated rings.